The number of hydrogen-bond donors (Lipinski definition) is 1. The van der Waals surface area contributed by atoms with Gasteiger partial charge < -0.3 is 5.32 Å². The van der Waals surface area contributed by atoms with Crippen LogP contribution in [0.4, 0.5) is 0 Å². The molecule has 2 aliphatic rings. The zero-order valence-electron chi connectivity index (χ0n) is 11.4. The maximum absolute atomic E-state index is 12.2. The largest absolute Gasteiger partial charge is 0.346 e. The number of sulfone groups is 1. The van der Waals surface area contributed by atoms with Crippen molar-refractivity contribution in [3.8, 4) is 0 Å². The third kappa shape index (κ3) is 3.41. The zero-order valence-corrected chi connectivity index (χ0v) is 13.8. The van der Waals surface area contributed by atoms with Crippen molar-refractivity contribution in [3.63, 3.8) is 0 Å². The molecule has 0 bridgehead atoms. The molecule has 1 aromatic rings. The third-order valence-corrected chi connectivity index (χ3v) is 6.99. The van der Waals surface area contributed by atoms with Crippen LogP contribution in [-0.2, 0) is 9.84 Å². The van der Waals surface area contributed by atoms with Gasteiger partial charge in [-0.05, 0) is 38.1 Å². The van der Waals surface area contributed by atoms with E-state index in [4.69, 9.17) is 11.6 Å². The van der Waals surface area contributed by atoms with Crippen molar-refractivity contribution in [2.45, 2.75) is 24.9 Å². The highest BCUT2D eigenvalue weighted by Crippen LogP contribution is 2.25. The molecule has 2 saturated heterocycles. The van der Waals surface area contributed by atoms with E-state index < -0.39 is 9.84 Å². The van der Waals surface area contributed by atoms with E-state index in [9.17, 15) is 13.2 Å². The summed E-state index contributed by atoms with van der Waals surface area (Å²) in [5, 5.41) is 2.88. The number of hydrogen-bond acceptors (Lipinski definition) is 5. The second-order valence-corrected chi connectivity index (χ2v) is 9.44. The first-order valence-electron chi connectivity index (χ1n) is 6.95. The van der Waals surface area contributed by atoms with Crippen LogP contribution >= 0.6 is 22.9 Å². The van der Waals surface area contributed by atoms with Crippen LogP contribution in [0.25, 0.3) is 0 Å². The van der Waals surface area contributed by atoms with Crippen LogP contribution in [-0.4, -0.2) is 55.9 Å². The normalized spacial score (nSPS) is 28.8. The predicted molar refractivity (Wildman–Crippen MR) is 83.8 cm³/mol. The average molecular weight is 349 g/mol. The van der Waals surface area contributed by atoms with Crippen LogP contribution in [0.2, 0.25) is 4.34 Å². The first-order chi connectivity index (χ1) is 9.94. The maximum Gasteiger partial charge on any atom is 0.261 e. The minimum atomic E-state index is -3.08. The van der Waals surface area contributed by atoms with Crippen molar-refractivity contribution >= 4 is 38.7 Å². The molecule has 1 N–H and O–H groups in total. The molecule has 1 amide bonds. The number of rotatable bonds is 3. The third-order valence-electron chi connectivity index (χ3n) is 4.05. The van der Waals surface area contributed by atoms with E-state index in [0.29, 0.717) is 9.21 Å². The molecule has 3 heterocycles. The van der Waals surface area contributed by atoms with E-state index in [1.165, 1.54) is 11.3 Å². The molecule has 0 aliphatic carbocycles. The van der Waals surface area contributed by atoms with Crippen molar-refractivity contribution in [1.82, 2.24) is 10.2 Å². The fraction of sp³-hybridized carbons (Fsp3) is 0.615. The number of thiophene rings is 1. The molecule has 116 valence electrons. The quantitative estimate of drug-likeness (QED) is 0.896. The number of likely N-dealkylation sites (tertiary alicyclic amines) is 1. The SMILES string of the molecule is O=C(N[C@@H]1CS(=O)(=O)C[C@@H]1N1CCCC1)c1ccc(Cl)s1. The van der Waals surface area contributed by atoms with E-state index in [2.05, 4.69) is 10.2 Å². The Bertz CT molecular complexity index is 638. The molecule has 2 atom stereocenters. The van der Waals surface area contributed by atoms with Crippen LogP contribution in [0.15, 0.2) is 12.1 Å². The first kappa shape index (κ1) is 15.3. The highest BCUT2D eigenvalue weighted by molar-refractivity contribution is 7.91. The lowest BCUT2D eigenvalue weighted by Gasteiger charge is -2.28. The molecule has 5 nitrogen and oxygen atoms in total. The minimum Gasteiger partial charge on any atom is -0.346 e. The Kier molecular flexibility index (Phi) is 4.27. The highest BCUT2D eigenvalue weighted by atomic mass is 35.5. The molecule has 0 aromatic carbocycles. The zero-order chi connectivity index (χ0) is 15.0. The molecule has 2 aliphatic heterocycles. The average Bonchev–Trinajstić information content (AvgIpc) is 3.09. The summed E-state index contributed by atoms with van der Waals surface area (Å²) in [5.74, 6) is -0.0690. The van der Waals surface area contributed by atoms with Gasteiger partial charge >= 0.3 is 0 Å². The monoisotopic (exact) mass is 348 g/mol. The van der Waals surface area contributed by atoms with E-state index in [0.717, 1.165) is 25.9 Å². The van der Waals surface area contributed by atoms with E-state index in [-0.39, 0.29) is 29.5 Å². The fourth-order valence-electron chi connectivity index (χ4n) is 3.08. The van der Waals surface area contributed by atoms with E-state index in [1.54, 1.807) is 12.1 Å². The second kappa shape index (κ2) is 5.87. The summed E-state index contributed by atoms with van der Waals surface area (Å²) in [7, 11) is -3.08. The molecule has 0 unspecified atom stereocenters. The van der Waals surface area contributed by atoms with Gasteiger partial charge in [-0.3, -0.25) is 9.69 Å². The lowest BCUT2D eigenvalue weighted by molar-refractivity contribution is 0.0923. The summed E-state index contributed by atoms with van der Waals surface area (Å²) in [6, 6.07) is 2.90. The summed E-state index contributed by atoms with van der Waals surface area (Å²) in [6.07, 6.45) is 2.19. The van der Waals surface area contributed by atoms with Crippen LogP contribution in [0, 0.1) is 0 Å². The number of halogens is 1. The summed E-state index contributed by atoms with van der Waals surface area (Å²) < 4.78 is 24.4. The van der Waals surface area contributed by atoms with Gasteiger partial charge in [-0.2, -0.15) is 0 Å². The smallest absolute Gasteiger partial charge is 0.261 e. The molecule has 0 radical (unpaired) electrons. The summed E-state index contributed by atoms with van der Waals surface area (Å²) in [6.45, 7) is 1.83. The molecule has 3 rings (SSSR count). The molecular formula is C13H17ClN2O3S2. The molecule has 0 saturated carbocycles. The molecule has 21 heavy (non-hydrogen) atoms. The van der Waals surface area contributed by atoms with Gasteiger partial charge in [0.1, 0.15) is 0 Å². The Morgan fingerprint density at radius 1 is 1.29 bits per heavy atom. The summed E-state index contributed by atoms with van der Waals surface area (Å²) in [5.41, 5.74) is 0. The molecule has 1 aromatic heterocycles. The van der Waals surface area contributed by atoms with E-state index in [1.807, 2.05) is 0 Å². The number of carbonyl (C=O) groups excluding carboxylic acids is 1. The maximum atomic E-state index is 12.2. The fourth-order valence-corrected chi connectivity index (χ4v) is 5.97. The van der Waals surface area contributed by atoms with Gasteiger partial charge in [-0.25, -0.2) is 8.42 Å². The van der Waals surface area contributed by atoms with Gasteiger partial charge in [0, 0.05) is 6.04 Å². The number of amides is 1. The van der Waals surface area contributed by atoms with Crippen LogP contribution in [0.5, 0.6) is 0 Å². The van der Waals surface area contributed by atoms with Crippen molar-refractivity contribution in [1.29, 1.82) is 0 Å². The standard InChI is InChI=1S/C13H17ClN2O3S2/c14-12-4-3-11(20-12)13(17)15-9-7-21(18,19)8-10(9)16-5-1-2-6-16/h3-4,9-10H,1-2,5-8H2,(H,15,17)/t9-,10+/m1/s1. The Balaban J connectivity index is 1.74. The number of carbonyl (C=O) groups is 1. The van der Waals surface area contributed by atoms with Crippen molar-refractivity contribution < 1.29 is 13.2 Å². The summed E-state index contributed by atoms with van der Waals surface area (Å²) >= 11 is 7.04. The molecular weight excluding hydrogens is 332 g/mol. The number of nitrogens with zero attached hydrogens (tertiary/aromatic N) is 1. The highest BCUT2D eigenvalue weighted by Gasteiger charge is 2.42. The molecule has 8 heteroatoms. The minimum absolute atomic E-state index is 0.0268. The van der Waals surface area contributed by atoms with Gasteiger partial charge in [0.15, 0.2) is 9.84 Å². The lowest BCUT2D eigenvalue weighted by atomic mass is 10.1. The predicted octanol–water partition coefficient (Wildman–Crippen LogP) is 1.39. The van der Waals surface area contributed by atoms with E-state index >= 15 is 0 Å². The van der Waals surface area contributed by atoms with Crippen molar-refractivity contribution in [3.05, 3.63) is 21.3 Å². The van der Waals surface area contributed by atoms with Gasteiger partial charge in [-0.15, -0.1) is 11.3 Å². The van der Waals surface area contributed by atoms with Crippen LogP contribution < -0.4 is 5.32 Å². The Labute approximate surface area is 133 Å². The molecule has 2 fully saturated rings. The van der Waals surface area contributed by atoms with Crippen molar-refractivity contribution in [2.24, 2.45) is 0 Å². The second-order valence-electron chi connectivity index (χ2n) is 5.57. The Morgan fingerprint density at radius 3 is 2.62 bits per heavy atom. The number of nitrogens with one attached hydrogen (secondary N) is 1. The Hall–Kier alpha value is -0.630. The van der Waals surface area contributed by atoms with Gasteiger partial charge in [-0.1, -0.05) is 11.6 Å². The summed E-state index contributed by atoms with van der Waals surface area (Å²) in [4.78, 5) is 14.9. The molecule has 0 spiro atoms. The topological polar surface area (TPSA) is 66.5 Å². The van der Waals surface area contributed by atoms with Crippen LogP contribution in [0.3, 0.4) is 0 Å². The Morgan fingerprint density at radius 2 is 2.00 bits per heavy atom. The lowest BCUT2D eigenvalue weighted by Crippen LogP contribution is -2.50. The van der Waals surface area contributed by atoms with Gasteiger partial charge in [0.2, 0.25) is 0 Å². The van der Waals surface area contributed by atoms with Crippen molar-refractivity contribution in [2.75, 3.05) is 24.6 Å². The van der Waals surface area contributed by atoms with Crippen LogP contribution in [0.1, 0.15) is 22.5 Å². The first-order valence-corrected chi connectivity index (χ1v) is 9.97. The van der Waals surface area contributed by atoms with Gasteiger partial charge in [0.05, 0.1) is 26.8 Å². The van der Waals surface area contributed by atoms with Gasteiger partial charge in [0.25, 0.3) is 5.91 Å².